The van der Waals surface area contributed by atoms with Crippen molar-refractivity contribution in [3.05, 3.63) is 32.3 Å². The average Bonchev–Trinajstić information content (AvgIpc) is 2.31. The highest BCUT2D eigenvalue weighted by Crippen LogP contribution is 2.32. The van der Waals surface area contributed by atoms with Gasteiger partial charge in [-0.1, -0.05) is 0 Å². The van der Waals surface area contributed by atoms with E-state index < -0.39 is 0 Å². The molecule has 0 spiro atoms. The number of hydrogen-bond acceptors (Lipinski definition) is 2. The Morgan fingerprint density at radius 2 is 1.72 bits per heavy atom. The lowest BCUT2D eigenvalue weighted by molar-refractivity contribution is 0.0798. The monoisotopic (exact) mass is 358 g/mol. The third kappa shape index (κ3) is 2.50. The molecule has 3 rings (SSSR count). The Kier molecular flexibility index (Phi) is 3.75. The molecular formula is C14H19IN2O. The van der Waals surface area contributed by atoms with Crippen LogP contribution in [0.4, 0.5) is 0 Å². The van der Waals surface area contributed by atoms with Gasteiger partial charge in [0.15, 0.2) is 0 Å². The fourth-order valence-corrected chi connectivity index (χ4v) is 3.65. The SMILES string of the molecule is O=c1ccc(I)cn1C1CCC(N2CCC2)CC1. The van der Waals surface area contributed by atoms with Crippen molar-refractivity contribution in [2.75, 3.05) is 13.1 Å². The lowest BCUT2D eigenvalue weighted by Crippen LogP contribution is -2.47. The predicted molar refractivity (Wildman–Crippen MR) is 80.9 cm³/mol. The average molecular weight is 358 g/mol. The van der Waals surface area contributed by atoms with Gasteiger partial charge in [0.05, 0.1) is 0 Å². The molecule has 18 heavy (non-hydrogen) atoms. The summed E-state index contributed by atoms with van der Waals surface area (Å²) >= 11 is 2.28. The summed E-state index contributed by atoms with van der Waals surface area (Å²) < 4.78 is 3.10. The van der Waals surface area contributed by atoms with Crippen LogP contribution in [0.2, 0.25) is 0 Å². The maximum absolute atomic E-state index is 11.9. The van der Waals surface area contributed by atoms with E-state index in [0.29, 0.717) is 6.04 Å². The molecule has 0 amide bonds. The van der Waals surface area contributed by atoms with Crippen molar-refractivity contribution in [2.24, 2.45) is 0 Å². The first-order chi connectivity index (χ1) is 8.74. The predicted octanol–water partition coefficient (Wildman–Crippen LogP) is 2.64. The van der Waals surface area contributed by atoms with Crippen LogP contribution in [-0.4, -0.2) is 28.6 Å². The van der Waals surface area contributed by atoms with Crippen molar-refractivity contribution in [1.82, 2.24) is 9.47 Å². The first kappa shape index (κ1) is 12.7. The molecule has 0 bridgehead atoms. The van der Waals surface area contributed by atoms with E-state index in [4.69, 9.17) is 0 Å². The topological polar surface area (TPSA) is 25.2 Å². The van der Waals surface area contributed by atoms with Crippen LogP contribution in [0.15, 0.2) is 23.1 Å². The molecule has 1 aromatic heterocycles. The molecular weight excluding hydrogens is 339 g/mol. The zero-order valence-electron chi connectivity index (χ0n) is 10.5. The number of nitrogens with zero attached hydrogens (tertiary/aromatic N) is 2. The Bertz CT molecular complexity index is 473. The van der Waals surface area contributed by atoms with Gasteiger partial charge in [-0.3, -0.25) is 4.79 Å². The number of pyridine rings is 1. The van der Waals surface area contributed by atoms with Crippen LogP contribution in [0.1, 0.15) is 38.1 Å². The van der Waals surface area contributed by atoms with Crippen LogP contribution in [-0.2, 0) is 0 Å². The first-order valence-electron chi connectivity index (χ1n) is 6.86. The summed E-state index contributed by atoms with van der Waals surface area (Å²) in [5, 5.41) is 0. The van der Waals surface area contributed by atoms with Crippen LogP contribution < -0.4 is 5.56 Å². The highest BCUT2D eigenvalue weighted by Gasteiger charge is 2.29. The van der Waals surface area contributed by atoms with Crippen LogP contribution >= 0.6 is 22.6 Å². The van der Waals surface area contributed by atoms with Gasteiger partial charge in [-0.2, -0.15) is 0 Å². The van der Waals surface area contributed by atoms with E-state index in [1.165, 1.54) is 32.4 Å². The summed E-state index contributed by atoms with van der Waals surface area (Å²) in [4.78, 5) is 14.5. The molecule has 1 aliphatic heterocycles. The van der Waals surface area contributed by atoms with Crippen molar-refractivity contribution in [2.45, 2.75) is 44.2 Å². The number of aromatic nitrogens is 1. The molecule has 0 unspecified atom stereocenters. The summed E-state index contributed by atoms with van der Waals surface area (Å²) in [6.07, 6.45) is 8.20. The van der Waals surface area contributed by atoms with Gasteiger partial charge in [-0.05, 0) is 73.9 Å². The minimum Gasteiger partial charge on any atom is -0.311 e. The molecule has 2 heterocycles. The molecule has 98 valence electrons. The summed E-state index contributed by atoms with van der Waals surface area (Å²) in [7, 11) is 0. The summed E-state index contributed by atoms with van der Waals surface area (Å²) in [5.74, 6) is 0. The lowest BCUT2D eigenvalue weighted by atomic mass is 9.88. The largest absolute Gasteiger partial charge is 0.311 e. The van der Waals surface area contributed by atoms with Crippen LogP contribution in [0.5, 0.6) is 0 Å². The Hall–Kier alpha value is -0.360. The van der Waals surface area contributed by atoms with Gasteiger partial charge < -0.3 is 9.47 Å². The molecule has 2 fully saturated rings. The molecule has 1 aromatic rings. The zero-order chi connectivity index (χ0) is 12.5. The minimum absolute atomic E-state index is 0.155. The molecule has 1 saturated heterocycles. The van der Waals surface area contributed by atoms with E-state index in [2.05, 4.69) is 27.5 Å². The second kappa shape index (κ2) is 5.33. The van der Waals surface area contributed by atoms with E-state index in [-0.39, 0.29) is 5.56 Å². The Labute approximate surface area is 121 Å². The second-order valence-corrected chi connectivity index (χ2v) is 6.69. The third-order valence-electron chi connectivity index (χ3n) is 4.37. The first-order valence-corrected chi connectivity index (χ1v) is 7.93. The summed E-state index contributed by atoms with van der Waals surface area (Å²) in [6, 6.07) is 4.80. The quantitative estimate of drug-likeness (QED) is 0.760. The van der Waals surface area contributed by atoms with Crippen molar-refractivity contribution < 1.29 is 0 Å². The van der Waals surface area contributed by atoms with E-state index in [1.807, 2.05) is 16.8 Å². The van der Waals surface area contributed by atoms with Crippen LogP contribution in [0, 0.1) is 3.57 Å². The number of rotatable bonds is 2. The van der Waals surface area contributed by atoms with Gasteiger partial charge in [0.2, 0.25) is 0 Å². The lowest BCUT2D eigenvalue weighted by Gasteiger charge is -2.42. The normalized spacial score (nSPS) is 28.9. The second-order valence-electron chi connectivity index (χ2n) is 5.44. The molecule has 0 N–H and O–H groups in total. The minimum atomic E-state index is 0.155. The number of likely N-dealkylation sites (tertiary alicyclic amines) is 1. The van der Waals surface area contributed by atoms with Crippen molar-refractivity contribution in [3.8, 4) is 0 Å². The van der Waals surface area contributed by atoms with Gasteiger partial charge in [0.25, 0.3) is 5.56 Å². The van der Waals surface area contributed by atoms with E-state index in [1.54, 1.807) is 6.07 Å². The molecule has 1 aliphatic carbocycles. The molecule has 2 aliphatic rings. The summed E-state index contributed by atoms with van der Waals surface area (Å²) in [5.41, 5.74) is 0.155. The standard InChI is InChI=1S/C14H19IN2O/c15-11-2-7-14(18)17(10-11)13-5-3-12(4-6-13)16-8-1-9-16/h2,7,10,12-13H,1,3-6,8-9H2. The smallest absolute Gasteiger partial charge is 0.250 e. The van der Waals surface area contributed by atoms with Crippen LogP contribution in [0.3, 0.4) is 0 Å². The molecule has 3 nitrogen and oxygen atoms in total. The van der Waals surface area contributed by atoms with Gasteiger partial charge in [-0.15, -0.1) is 0 Å². The van der Waals surface area contributed by atoms with E-state index in [0.717, 1.165) is 22.5 Å². The summed E-state index contributed by atoms with van der Waals surface area (Å²) in [6.45, 7) is 2.58. The maximum Gasteiger partial charge on any atom is 0.250 e. The van der Waals surface area contributed by atoms with Gasteiger partial charge in [0.1, 0.15) is 0 Å². The van der Waals surface area contributed by atoms with Crippen molar-refractivity contribution in [1.29, 1.82) is 0 Å². The zero-order valence-corrected chi connectivity index (χ0v) is 12.7. The fourth-order valence-electron chi connectivity index (χ4n) is 3.17. The molecule has 1 saturated carbocycles. The van der Waals surface area contributed by atoms with Gasteiger partial charge in [0, 0.05) is 27.9 Å². The van der Waals surface area contributed by atoms with Crippen molar-refractivity contribution in [3.63, 3.8) is 0 Å². The van der Waals surface area contributed by atoms with Gasteiger partial charge in [-0.25, -0.2) is 0 Å². The van der Waals surface area contributed by atoms with E-state index in [9.17, 15) is 4.79 Å². The molecule has 0 aromatic carbocycles. The number of hydrogen-bond donors (Lipinski definition) is 0. The van der Waals surface area contributed by atoms with E-state index >= 15 is 0 Å². The Balaban J connectivity index is 1.68. The van der Waals surface area contributed by atoms with Gasteiger partial charge >= 0.3 is 0 Å². The highest BCUT2D eigenvalue weighted by molar-refractivity contribution is 14.1. The highest BCUT2D eigenvalue weighted by atomic mass is 127. The third-order valence-corrected chi connectivity index (χ3v) is 5.01. The maximum atomic E-state index is 11.9. The Morgan fingerprint density at radius 1 is 1.06 bits per heavy atom. The molecule has 0 radical (unpaired) electrons. The fraction of sp³-hybridized carbons (Fsp3) is 0.643. The van der Waals surface area contributed by atoms with Crippen LogP contribution in [0.25, 0.3) is 0 Å². The molecule has 0 atom stereocenters. The molecule has 4 heteroatoms. The Morgan fingerprint density at radius 3 is 2.33 bits per heavy atom. The van der Waals surface area contributed by atoms with Crippen molar-refractivity contribution >= 4 is 22.6 Å². The number of halogens is 1.